The third-order valence-electron chi connectivity index (χ3n) is 8.32. The van der Waals surface area contributed by atoms with E-state index in [9.17, 15) is 19.2 Å². The van der Waals surface area contributed by atoms with Gasteiger partial charge in [-0.25, -0.2) is 0 Å². The van der Waals surface area contributed by atoms with E-state index in [-0.39, 0.29) is 11.8 Å². The van der Waals surface area contributed by atoms with Gasteiger partial charge in [-0.1, -0.05) is 30.3 Å². The molecular formula is C35H38N8O5. The number of amides is 4. The maximum Gasteiger partial charge on any atom is 0.272 e. The summed E-state index contributed by atoms with van der Waals surface area (Å²) in [5, 5.41) is 13.5. The van der Waals surface area contributed by atoms with E-state index in [0.717, 1.165) is 30.4 Å². The zero-order valence-corrected chi connectivity index (χ0v) is 27.1. The van der Waals surface area contributed by atoms with Gasteiger partial charge in [0.25, 0.3) is 23.6 Å². The molecule has 0 bridgehead atoms. The highest BCUT2D eigenvalue weighted by Gasteiger charge is 2.19. The maximum absolute atomic E-state index is 13.2. The average molecular weight is 651 g/mol. The molecule has 1 aliphatic heterocycles. The van der Waals surface area contributed by atoms with E-state index in [1.54, 1.807) is 77.7 Å². The van der Waals surface area contributed by atoms with Crippen LogP contribution in [-0.4, -0.2) is 81.6 Å². The van der Waals surface area contributed by atoms with Crippen molar-refractivity contribution in [3.05, 3.63) is 102 Å². The van der Waals surface area contributed by atoms with Gasteiger partial charge >= 0.3 is 0 Å². The summed E-state index contributed by atoms with van der Waals surface area (Å²) < 4.78 is 10.2. The number of hydrogen-bond donors (Lipinski definition) is 4. The van der Waals surface area contributed by atoms with Crippen molar-refractivity contribution in [2.24, 2.45) is 21.1 Å². The fourth-order valence-electron chi connectivity index (χ4n) is 5.74. The Morgan fingerprint density at radius 2 is 1.12 bits per heavy atom. The van der Waals surface area contributed by atoms with Gasteiger partial charge in [0.05, 0.1) is 30.3 Å². The quantitative estimate of drug-likeness (QED) is 0.182. The van der Waals surface area contributed by atoms with Crippen molar-refractivity contribution >= 4 is 51.5 Å². The van der Waals surface area contributed by atoms with E-state index in [4.69, 9.17) is 4.74 Å². The summed E-state index contributed by atoms with van der Waals surface area (Å²) in [5.74, 6) is -1.33. The Morgan fingerprint density at radius 1 is 0.625 bits per heavy atom. The molecule has 0 aliphatic carbocycles. The van der Waals surface area contributed by atoms with E-state index in [1.165, 1.54) is 0 Å². The number of fused-ring (bicyclic) bond motifs is 1. The van der Waals surface area contributed by atoms with Crippen LogP contribution in [0.25, 0.3) is 10.8 Å². The highest BCUT2D eigenvalue weighted by Crippen LogP contribution is 2.21. The van der Waals surface area contributed by atoms with Gasteiger partial charge in [0.15, 0.2) is 0 Å². The van der Waals surface area contributed by atoms with Gasteiger partial charge < -0.3 is 39.7 Å². The van der Waals surface area contributed by atoms with E-state index >= 15 is 0 Å². The first-order valence-electron chi connectivity index (χ1n) is 15.6. The van der Waals surface area contributed by atoms with Crippen molar-refractivity contribution in [2.75, 3.05) is 55.3 Å². The normalized spacial score (nSPS) is 13.3. The van der Waals surface area contributed by atoms with Crippen molar-refractivity contribution in [1.29, 1.82) is 0 Å². The number of nitrogens with zero attached hydrogens (tertiary/aromatic N) is 4. The van der Waals surface area contributed by atoms with Crippen molar-refractivity contribution in [1.82, 2.24) is 23.9 Å². The number of rotatable bonds is 10. The lowest BCUT2D eigenvalue weighted by Gasteiger charge is -2.26. The predicted octanol–water partition coefficient (Wildman–Crippen LogP) is 3.67. The number of aromatic nitrogens is 3. The smallest absolute Gasteiger partial charge is 0.272 e. The Bertz CT molecular complexity index is 2000. The van der Waals surface area contributed by atoms with Gasteiger partial charge in [0.2, 0.25) is 0 Å². The summed E-state index contributed by atoms with van der Waals surface area (Å²) in [4.78, 5) is 54.3. The SMILES string of the molecule is Cn1cc(NC(=O)c2cc(NC(=O)c3cc(NC(=O)c4ccc5ccccc5c4)cn3C)cn2C)cc1C(=O)NCCN1CCOCC1. The first kappa shape index (κ1) is 32.3. The lowest BCUT2D eigenvalue weighted by atomic mass is 10.1. The second-order valence-corrected chi connectivity index (χ2v) is 11.8. The van der Waals surface area contributed by atoms with Gasteiger partial charge in [-0.05, 0) is 41.1 Å². The number of aryl methyl sites for hydroxylation is 3. The van der Waals surface area contributed by atoms with E-state index in [2.05, 4.69) is 26.2 Å². The van der Waals surface area contributed by atoms with Gasteiger partial charge in [-0.15, -0.1) is 0 Å². The molecule has 4 heterocycles. The second kappa shape index (κ2) is 14.0. The summed E-state index contributed by atoms with van der Waals surface area (Å²) in [5.41, 5.74) is 2.91. The number of morpholine rings is 1. The third kappa shape index (κ3) is 7.32. The van der Waals surface area contributed by atoms with Crippen LogP contribution < -0.4 is 21.3 Å². The summed E-state index contributed by atoms with van der Waals surface area (Å²) in [6, 6.07) is 18.1. The number of anilines is 3. The zero-order chi connectivity index (χ0) is 33.8. The van der Waals surface area contributed by atoms with Crippen molar-refractivity contribution in [2.45, 2.75) is 0 Å². The van der Waals surface area contributed by atoms with Gasteiger partial charge in [-0.2, -0.15) is 0 Å². The van der Waals surface area contributed by atoms with Crippen LogP contribution >= 0.6 is 0 Å². The zero-order valence-electron chi connectivity index (χ0n) is 27.1. The van der Waals surface area contributed by atoms with E-state index in [1.807, 2.05) is 36.4 Å². The minimum atomic E-state index is -0.409. The van der Waals surface area contributed by atoms with Gasteiger partial charge in [-0.3, -0.25) is 24.1 Å². The van der Waals surface area contributed by atoms with Crippen molar-refractivity contribution < 1.29 is 23.9 Å². The number of benzene rings is 2. The first-order chi connectivity index (χ1) is 23.1. The van der Waals surface area contributed by atoms with E-state index < -0.39 is 11.8 Å². The highest BCUT2D eigenvalue weighted by atomic mass is 16.5. The van der Waals surface area contributed by atoms with Crippen LogP contribution in [0.1, 0.15) is 41.8 Å². The van der Waals surface area contributed by atoms with Gasteiger partial charge in [0.1, 0.15) is 17.1 Å². The number of nitrogens with one attached hydrogen (secondary N) is 4. The summed E-state index contributed by atoms with van der Waals surface area (Å²) in [7, 11) is 5.15. The molecule has 6 rings (SSSR count). The Kier molecular flexibility index (Phi) is 9.41. The molecule has 13 heteroatoms. The lowest BCUT2D eigenvalue weighted by molar-refractivity contribution is 0.0383. The van der Waals surface area contributed by atoms with E-state index in [0.29, 0.717) is 59.5 Å². The standard InChI is InChI=1S/C35H38N8O5/c1-40-21-27(17-29(40)33(45)36-10-11-43-12-14-48-15-13-43)38-35(47)31-19-28(22-42(31)3)39-34(46)30-18-26(20-41(30)2)37-32(44)25-9-8-23-6-4-5-7-24(23)16-25/h4-9,16-22H,10-15H2,1-3H3,(H,36,45)(H,37,44)(H,38,47)(H,39,46). The predicted molar refractivity (Wildman–Crippen MR) is 184 cm³/mol. The third-order valence-corrected chi connectivity index (χ3v) is 8.32. The van der Waals surface area contributed by atoms with Gasteiger partial charge in [0, 0.05) is 71.5 Å². The molecule has 2 aromatic carbocycles. The second-order valence-electron chi connectivity index (χ2n) is 11.8. The minimum Gasteiger partial charge on any atom is -0.379 e. The Balaban J connectivity index is 1.05. The molecule has 5 aromatic rings. The fraction of sp³-hybridized carbons (Fsp3) is 0.257. The molecule has 0 unspecified atom stereocenters. The maximum atomic E-state index is 13.2. The molecule has 0 saturated carbocycles. The van der Waals surface area contributed by atoms with Crippen LogP contribution in [0, 0.1) is 0 Å². The molecular weight excluding hydrogens is 612 g/mol. The number of hydrogen-bond acceptors (Lipinski definition) is 6. The highest BCUT2D eigenvalue weighted by molar-refractivity contribution is 6.09. The number of carbonyl (C=O) groups is 4. The molecule has 13 nitrogen and oxygen atoms in total. The molecule has 0 atom stereocenters. The van der Waals surface area contributed by atoms with Crippen LogP contribution in [0.15, 0.2) is 79.3 Å². The Morgan fingerprint density at radius 3 is 1.69 bits per heavy atom. The molecule has 4 amide bonds. The van der Waals surface area contributed by atoms with Crippen molar-refractivity contribution in [3.63, 3.8) is 0 Å². The molecule has 1 aliphatic rings. The molecule has 248 valence electrons. The molecule has 3 aromatic heterocycles. The minimum absolute atomic E-state index is 0.229. The number of ether oxygens (including phenoxy) is 1. The molecule has 4 N–H and O–H groups in total. The molecule has 0 spiro atoms. The largest absolute Gasteiger partial charge is 0.379 e. The average Bonchev–Trinajstić information content (AvgIpc) is 3.76. The topological polar surface area (TPSA) is 144 Å². The lowest BCUT2D eigenvalue weighted by Crippen LogP contribution is -2.41. The Hall–Kier alpha value is -5.66. The molecule has 1 fully saturated rings. The molecule has 1 saturated heterocycles. The molecule has 0 radical (unpaired) electrons. The Labute approximate surface area is 277 Å². The van der Waals surface area contributed by atoms with Crippen LogP contribution in [0.5, 0.6) is 0 Å². The monoisotopic (exact) mass is 650 g/mol. The fourth-order valence-corrected chi connectivity index (χ4v) is 5.74. The molecule has 48 heavy (non-hydrogen) atoms. The first-order valence-corrected chi connectivity index (χ1v) is 15.6. The van der Waals surface area contributed by atoms with Crippen LogP contribution in [0.4, 0.5) is 17.1 Å². The van der Waals surface area contributed by atoms with Crippen LogP contribution in [0.2, 0.25) is 0 Å². The van der Waals surface area contributed by atoms with Crippen molar-refractivity contribution in [3.8, 4) is 0 Å². The summed E-state index contributed by atoms with van der Waals surface area (Å²) >= 11 is 0. The number of carbonyl (C=O) groups excluding carboxylic acids is 4. The van der Waals surface area contributed by atoms with Crippen LogP contribution in [-0.2, 0) is 25.9 Å². The summed E-state index contributed by atoms with van der Waals surface area (Å²) in [6.07, 6.45) is 4.97. The van der Waals surface area contributed by atoms with Crippen LogP contribution in [0.3, 0.4) is 0 Å². The summed E-state index contributed by atoms with van der Waals surface area (Å²) in [6.45, 7) is 4.34.